The summed E-state index contributed by atoms with van der Waals surface area (Å²) in [5.41, 5.74) is 0.775. The van der Waals surface area contributed by atoms with E-state index in [2.05, 4.69) is 10.6 Å². The zero-order valence-electron chi connectivity index (χ0n) is 15.5. The molecular weight excluding hydrogens is 403 g/mol. The second-order valence-electron chi connectivity index (χ2n) is 5.76. The molecule has 0 aliphatic rings. The van der Waals surface area contributed by atoms with E-state index >= 15 is 0 Å². The van der Waals surface area contributed by atoms with Crippen LogP contribution in [0.4, 0.5) is 5.69 Å². The molecular formula is C20H22Cl2N2O4. The minimum Gasteiger partial charge on any atom is -0.482 e. The number of anilines is 1. The fourth-order valence-electron chi connectivity index (χ4n) is 2.33. The van der Waals surface area contributed by atoms with Crippen LogP contribution in [0.2, 0.25) is 10.0 Å². The van der Waals surface area contributed by atoms with E-state index in [4.69, 9.17) is 32.7 Å². The molecule has 2 aromatic rings. The van der Waals surface area contributed by atoms with Crippen LogP contribution >= 0.6 is 23.2 Å². The van der Waals surface area contributed by atoms with Crippen LogP contribution in [0.15, 0.2) is 42.5 Å². The predicted molar refractivity (Wildman–Crippen MR) is 110 cm³/mol. The van der Waals surface area contributed by atoms with E-state index < -0.39 is 5.91 Å². The molecule has 150 valence electrons. The molecule has 0 heterocycles. The lowest BCUT2D eigenvalue weighted by Crippen LogP contribution is -2.27. The summed E-state index contributed by atoms with van der Waals surface area (Å²) < 4.78 is 10.6. The summed E-state index contributed by atoms with van der Waals surface area (Å²) >= 11 is 11.8. The van der Waals surface area contributed by atoms with Crippen molar-refractivity contribution >= 4 is 40.7 Å². The van der Waals surface area contributed by atoms with Crippen LogP contribution in [0.1, 0.15) is 23.7 Å². The van der Waals surface area contributed by atoms with Crippen molar-refractivity contribution in [2.75, 3.05) is 31.7 Å². The van der Waals surface area contributed by atoms with Crippen molar-refractivity contribution in [1.29, 1.82) is 0 Å². The quantitative estimate of drug-likeness (QED) is 0.561. The molecule has 0 bridgehead atoms. The number of nitrogens with one attached hydrogen (secondary N) is 2. The minimum atomic E-state index is -0.414. The molecule has 2 rings (SSSR count). The van der Waals surface area contributed by atoms with Gasteiger partial charge < -0.3 is 20.1 Å². The lowest BCUT2D eigenvalue weighted by molar-refractivity contribution is -0.118. The third-order valence-corrected chi connectivity index (χ3v) is 4.18. The van der Waals surface area contributed by atoms with Crippen molar-refractivity contribution in [3.05, 3.63) is 58.1 Å². The molecule has 0 saturated carbocycles. The van der Waals surface area contributed by atoms with Gasteiger partial charge in [0.25, 0.3) is 11.8 Å². The van der Waals surface area contributed by atoms with Gasteiger partial charge in [-0.3, -0.25) is 9.59 Å². The van der Waals surface area contributed by atoms with Gasteiger partial charge in [0.2, 0.25) is 0 Å². The second kappa shape index (κ2) is 11.5. The maximum absolute atomic E-state index is 12.4. The molecule has 0 aliphatic carbocycles. The summed E-state index contributed by atoms with van der Waals surface area (Å²) in [5, 5.41) is 6.28. The van der Waals surface area contributed by atoms with E-state index in [0.717, 1.165) is 0 Å². The van der Waals surface area contributed by atoms with Gasteiger partial charge in [-0.25, -0.2) is 0 Å². The van der Waals surface area contributed by atoms with Gasteiger partial charge in [0.05, 0.1) is 16.3 Å². The number of benzene rings is 2. The first-order valence-electron chi connectivity index (χ1n) is 8.84. The van der Waals surface area contributed by atoms with E-state index in [0.29, 0.717) is 53.2 Å². The van der Waals surface area contributed by atoms with Crippen LogP contribution < -0.4 is 15.4 Å². The first-order chi connectivity index (χ1) is 13.5. The van der Waals surface area contributed by atoms with E-state index in [1.165, 1.54) is 6.07 Å². The number of amides is 2. The lowest BCUT2D eigenvalue weighted by Gasteiger charge is -2.12. The van der Waals surface area contributed by atoms with E-state index in [1.54, 1.807) is 36.4 Å². The van der Waals surface area contributed by atoms with Gasteiger partial charge in [-0.15, -0.1) is 0 Å². The fourth-order valence-corrected chi connectivity index (χ4v) is 2.79. The highest BCUT2D eigenvalue weighted by Gasteiger charge is 2.13. The molecule has 0 fully saturated rings. The summed E-state index contributed by atoms with van der Waals surface area (Å²) in [6.45, 7) is 3.37. The summed E-state index contributed by atoms with van der Waals surface area (Å²) in [4.78, 5) is 24.6. The number of carbonyl (C=O) groups excluding carboxylic acids is 2. The molecule has 2 N–H and O–H groups in total. The Labute approximate surface area is 174 Å². The number of para-hydroxylation sites is 1. The van der Waals surface area contributed by atoms with E-state index in [9.17, 15) is 9.59 Å². The van der Waals surface area contributed by atoms with Crippen LogP contribution in [0, 0.1) is 0 Å². The Morgan fingerprint density at radius 2 is 1.89 bits per heavy atom. The Kier molecular flexibility index (Phi) is 9.07. The molecule has 0 saturated heterocycles. The maximum Gasteiger partial charge on any atom is 0.262 e. The molecule has 0 unspecified atom stereocenters. The van der Waals surface area contributed by atoms with Gasteiger partial charge in [0.15, 0.2) is 6.61 Å². The summed E-state index contributed by atoms with van der Waals surface area (Å²) in [5.74, 6) is -0.335. The standard InChI is InChI=1S/C20H22Cl2N2O4/c1-2-27-11-5-10-23-20(26)15-6-3-4-7-17(15)24-19(25)13-28-18-9-8-14(21)12-16(18)22/h3-4,6-9,12H,2,5,10-11,13H2,1H3,(H,23,26)(H,24,25). The highest BCUT2D eigenvalue weighted by molar-refractivity contribution is 6.35. The highest BCUT2D eigenvalue weighted by atomic mass is 35.5. The second-order valence-corrected chi connectivity index (χ2v) is 6.61. The SMILES string of the molecule is CCOCCCNC(=O)c1ccccc1NC(=O)COc1ccc(Cl)cc1Cl. The number of ether oxygens (including phenoxy) is 2. The summed E-state index contributed by atoms with van der Waals surface area (Å²) in [6.07, 6.45) is 0.712. The van der Waals surface area contributed by atoms with Gasteiger partial charge in [-0.1, -0.05) is 35.3 Å². The van der Waals surface area contributed by atoms with Crippen LogP contribution in [0.3, 0.4) is 0 Å². The van der Waals surface area contributed by atoms with Crippen molar-refractivity contribution in [2.45, 2.75) is 13.3 Å². The Hall–Kier alpha value is -2.28. The molecule has 2 amide bonds. The topological polar surface area (TPSA) is 76.7 Å². The van der Waals surface area contributed by atoms with Gasteiger partial charge in [-0.2, -0.15) is 0 Å². The number of rotatable bonds is 10. The van der Waals surface area contributed by atoms with Crippen molar-refractivity contribution in [3.8, 4) is 5.75 Å². The minimum absolute atomic E-state index is 0.258. The third-order valence-electron chi connectivity index (χ3n) is 3.65. The Morgan fingerprint density at radius 1 is 1.11 bits per heavy atom. The molecule has 8 heteroatoms. The zero-order valence-corrected chi connectivity index (χ0v) is 17.0. The molecule has 0 aromatic heterocycles. The average molecular weight is 425 g/mol. The van der Waals surface area contributed by atoms with Crippen molar-refractivity contribution in [1.82, 2.24) is 5.32 Å². The van der Waals surface area contributed by atoms with E-state index in [-0.39, 0.29) is 12.5 Å². The molecule has 0 aliphatic heterocycles. The first kappa shape index (κ1) is 22.0. The summed E-state index contributed by atoms with van der Waals surface area (Å²) in [6, 6.07) is 11.5. The predicted octanol–water partition coefficient (Wildman–Crippen LogP) is 4.17. The Morgan fingerprint density at radius 3 is 2.64 bits per heavy atom. The highest BCUT2D eigenvalue weighted by Crippen LogP contribution is 2.27. The Balaban J connectivity index is 1.90. The van der Waals surface area contributed by atoms with Crippen LogP contribution in [-0.4, -0.2) is 38.2 Å². The lowest BCUT2D eigenvalue weighted by atomic mass is 10.1. The maximum atomic E-state index is 12.4. The number of hydrogen-bond donors (Lipinski definition) is 2. The molecule has 0 atom stereocenters. The van der Waals surface area contributed by atoms with Gasteiger partial charge >= 0.3 is 0 Å². The number of halogens is 2. The van der Waals surface area contributed by atoms with Crippen molar-refractivity contribution in [3.63, 3.8) is 0 Å². The summed E-state index contributed by atoms with van der Waals surface area (Å²) in [7, 11) is 0. The first-order valence-corrected chi connectivity index (χ1v) is 9.59. The van der Waals surface area contributed by atoms with Gasteiger partial charge in [0, 0.05) is 24.8 Å². The molecule has 28 heavy (non-hydrogen) atoms. The third kappa shape index (κ3) is 7.03. The number of hydrogen-bond acceptors (Lipinski definition) is 4. The van der Waals surface area contributed by atoms with Gasteiger partial charge in [-0.05, 0) is 43.7 Å². The largest absolute Gasteiger partial charge is 0.482 e. The number of carbonyl (C=O) groups is 2. The smallest absolute Gasteiger partial charge is 0.262 e. The average Bonchev–Trinajstić information content (AvgIpc) is 2.67. The van der Waals surface area contributed by atoms with Crippen molar-refractivity contribution in [2.24, 2.45) is 0 Å². The fraction of sp³-hybridized carbons (Fsp3) is 0.300. The molecule has 2 aromatic carbocycles. The monoisotopic (exact) mass is 424 g/mol. The molecule has 0 radical (unpaired) electrons. The van der Waals surface area contributed by atoms with Crippen LogP contribution in [0.25, 0.3) is 0 Å². The zero-order chi connectivity index (χ0) is 20.4. The van der Waals surface area contributed by atoms with E-state index in [1.807, 2.05) is 6.92 Å². The normalized spacial score (nSPS) is 10.4. The van der Waals surface area contributed by atoms with Crippen LogP contribution in [0.5, 0.6) is 5.75 Å². The van der Waals surface area contributed by atoms with Gasteiger partial charge in [0.1, 0.15) is 5.75 Å². The molecule has 6 nitrogen and oxygen atoms in total. The van der Waals surface area contributed by atoms with Crippen LogP contribution in [-0.2, 0) is 9.53 Å². The van der Waals surface area contributed by atoms with Crippen molar-refractivity contribution < 1.29 is 19.1 Å². The Bertz CT molecular complexity index is 815. The molecule has 0 spiro atoms.